The van der Waals surface area contributed by atoms with Crippen molar-refractivity contribution in [2.24, 2.45) is 0 Å². The van der Waals surface area contributed by atoms with Crippen LogP contribution in [0.2, 0.25) is 5.02 Å². The Morgan fingerprint density at radius 2 is 1.93 bits per heavy atom. The molecule has 1 rings (SSSR count). The Morgan fingerprint density at radius 1 is 1.36 bits per heavy atom. The van der Waals surface area contributed by atoms with Crippen molar-refractivity contribution < 1.29 is 13.2 Å². The normalized spacial score (nSPS) is 11.8. The number of anilines is 1. The SMILES string of the molecule is Nc1c(C(F)(F)F)ccc(Cl)c1CBr. The first-order valence-electron chi connectivity index (χ1n) is 3.58. The summed E-state index contributed by atoms with van der Waals surface area (Å²) in [6, 6.07) is 2.07. The van der Waals surface area contributed by atoms with Gasteiger partial charge in [-0.05, 0) is 12.1 Å². The minimum Gasteiger partial charge on any atom is -0.398 e. The second-order valence-corrected chi connectivity index (χ2v) is 3.59. The lowest BCUT2D eigenvalue weighted by molar-refractivity contribution is -0.136. The Kier molecular flexibility index (Phi) is 3.32. The number of nitrogen functional groups attached to an aromatic ring is 1. The predicted octanol–water partition coefficient (Wildman–Crippen LogP) is 3.84. The van der Waals surface area contributed by atoms with Gasteiger partial charge in [0, 0.05) is 21.6 Å². The lowest BCUT2D eigenvalue weighted by atomic mass is 10.1. The van der Waals surface area contributed by atoms with E-state index in [0.717, 1.165) is 6.07 Å². The maximum Gasteiger partial charge on any atom is 0.418 e. The molecule has 0 spiro atoms. The molecule has 1 nitrogen and oxygen atoms in total. The van der Waals surface area contributed by atoms with E-state index in [1.54, 1.807) is 0 Å². The second kappa shape index (κ2) is 3.98. The van der Waals surface area contributed by atoms with Crippen LogP contribution in [0, 0.1) is 0 Å². The molecule has 0 atom stereocenters. The van der Waals surface area contributed by atoms with E-state index in [-0.39, 0.29) is 21.6 Å². The van der Waals surface area contributed by atoms with Gasteiger partial charge in [0.25, 0.3) is 0 Å². The Balaban J connectivity index is 3.36. The van der Waals surface area contributed by atoms with Crippen LogP contribution in [-0.2, 0) is 11.5 Å². The number of halogens is 5. The smallest absolute Gasteiger partial charge is 0.398 e. The lowest BCUT2D eigenvalue weighted by Gasteiger charge is -2.13. The molecule has 0 aliphatic rings. The molecule has 0 heterocycles. The third kappa shape index (κ3) is 2.15. The molecule has 0 aliphatic heterocycles. The molecule has 0 fully saturated rings. The van der Waals surface area contributed by atoms with Crippen LogP contribution in [0.15, 0.2) is 12.1 Å². The van der Waals surface area contributed by atoms with E-state index in [1.807, 2.05) is 0 Å². The average Bonchev–Trinajstić information content (AvgIpc) is 2.02. The van der Waals surface area contributed by atoms with E-state index in [0.29, 0.717) is 0 Å². The number of alkyl halides is 4. The third-order valence-corrected chi connectivity index (χ3v) is 2.65. The van der Waals surface area contributed by atoms with Gasteiger partial charge in [0.05, 0.1) is 5.56 Å². The summed E-state index contributed by atoms with van der Waals surface area (Å²) in [6.07, 6.45) is -4.44. The van der Waals surface area contributed by atoms with E-state index >= 15 is 0 Å². The summed E-state index contributed by atoms with van der Waals surface area (Å²) >= 11 is 8.70. The molecule has 0 amide bonds. The molecular weight excluding hydrogens is 282 g/mol. The summed E-state index contributed by atoms with van der Waals surface area (Å²) in [4.78, 5) is 0. The van der Waals surface area contributed by atoms with Gasteiger partial charge in [0.1, 0.15) is 0 Å². The summed E-state index contributed by atoms with van der Waals surface area (Å²) in [5, 5.41) is 0.425. The first-order chi connectivity index (χ1) is 6.38. The average molecular weight is 288 g/mol. The number of hydrogen-bond donors (Lipinski definition) is 1. The molecule has 0 saturated heterocycles. The van der Waals surface area contributed by atoms with E-state index in [2.05, 4.69) is 15.9 Å². The fraction of sp³-hybridized carbons (Fsp3) is 0.250. The molecule has 0 saturated carbocycles. The first-order valence-corrected chi connectivity index (χ1v) is 5.08. The van der Waals surface area contributed by atoms with E-state index in [1.165, 1.54) is 6.07 Å². The van der Waals surface area contributed by atoms with Gasteiger partial charge < -0.3 is 5.73 Å². The molecular formula is C8H6BrClF3N. The van der Waals surface area contributed by atoms with Gasteiger partial charge in [-0.2, -0.15) is 13.2 Å². The molecule has 14 heavy (non-hydrogen) atoms. The highest BCUT2D eigenvalue weighted by molar-refractivity contribution is 9.08. The van der Waals surface area contributed by atoms with Crippen LogP contribution in [0.1, 0.15) is 11.1 Å². The molecule has 0 bridgehead atoms. The maximum atomic E-state index is 12.4. The summed E-state index contributed by atoms with van der Waals surface area (Å²) in [7, 11) is 0. The number of benzene rings is 1. The van der Waals surface area contributed by atoms with E-state index in [4.69, 9.17) is 17.3 Å². The van der Waals surface area contributed by atoms with Crippen LogP contribution in [0.3, 0.4) is 0 Å². The largest absolute Gasteiger partial charge is 0.418 e. The quantitative estimate of drug-likeness (QED) is 0.617. The van der Waals surface area contributed by atoms with Crippen LogP contribution < -0.4 is 5.73 Å². The standard InChI is InChI=1S/C8H6BrClF3N/c9-3-4-6(10)2-1-5(7(4)14)8(11,12)13/h1-2H,3,14H2. The molecule has 0 aliphatic carbocycles. The van der Waals surface area contributed by atoms with Gasteiger partial charge in [-0.1, -0.05) is 27.5 Å². The molecule has 0 unspecified atom stereocenters. The Morgan fingerprint density at radius 3 is 2.36 bits per heavy atom. The zero-order valence-electron chi connectivity index (χ0n) is 6.83. The van der Waals surface area contributed by atoms with Gasteiger partial charge in [-0.25, -0.2) is 0 Å². The summed E-state index contributed by atoms with van der Waals surface area (Å²) in [5.74, 6) is 0. The molecule has 0 radical (unpaired) electrons. The van der Waals surface area contributed by atoms with Crippen molar-refractivity contribution in [3.63, 3.8) is 0 Å². The van der Waals surface area contributed by atoms with Crippen LogP contribution in [0.25, 0.3) is 0 Å². The summed E-state index contributed by atoms with van der Waals surface area (Å²) < 4.78 is 37.1. The first kappa shape index (κ1) is 11.7. The van der Waals surface area contributed by atoms with E-state index in [9.17, 15) is 13.2 Å². The molecule has 1 aromatic rings. The minimum atomic E-state index is -4.44. The Hall–Kier alpha value is -0.420. The van der Waals surface area contributed by atoms with Crippen LogP contribution in [0.4, 0.5) is 18.9 Å². The van der Waals surface area contributed by atoms with Crippen molar-refractivity contribution >= 4 is 33.2 Å². The van der Waals surface area contributed by atoms with Gasteiger partial charge in [0.2, 0.25) is 0 Å². The predicted molar refractivity (Wildman–Crippen MR) is 53.5 cm³/mol. The van der Waals surface area contributed by atoms with Gasteiger partial charge in [0.15, 0.2) is 0 Å². The van der Waals surface area contributed by atoms with Crippen molar-refractivity contribution in [2.45, 2.75) is 11.5 Å². The molecule has 1 aromatic carbocycles. The number of hydrogen-bond acceptors (Lipinski definition) is 1. The molecule has 6 heteroatoms. The van der Waals surface area contributed by atoms with Crippen LogP contribution in [-0.4, -0.2) is 0 Å². The summed E-state index contributed by atoms with van der Waals surface area (Å²) in [5.41, 5.74) is 4.44. The minimum absolute atomic E-state index is 0.196. The maximum absolute atomic E-state index is 12.4. The number of rotatable bonds is 1. The Labute approximate surface area is 92.2 Å². The topological polar surface area (TPSA) is 26.0 Å². The van der Waals surface area contributed by atoms with E-state index < -0.39 is 11.7 Å². The van der Waals surface area contributed by atoms with Crippen molar-refractivity contribution in [1.82, 2.24) is 0 Å². The monoisotopic (exact) mass is 287 g/mol. The second-order valence-electron chi connectivity index (χ2n) is 2.62. The van der Waals surface area contributed by atoms with Gasteiger partial charge in [-0.15, -0.1) is 0 Å². The zero-order valence-corrected chi connectivity index (χ0v) is 9.17. The highest BCUT2D eigenvalue weighted by Gasteiger charge is 2.33. The van der Waals surface area contributed by atoms with Gasteiger partial charge in [-0.3, -0.25) is 0 Å². The fourth-order valence-corrected chi connectivity index (χ4v) is 2.02. The Bertz CT molecular complexity index is 351. The fourth-order valence-electron chi connectivity index (χ4n) is 1.02. The van der Waals surface area contributed by atoms with Gasteiger partial charge >= 0.3 is 6.18 Å². The van der Waals surface area contributed by atoms with Crippen LogP contribution >= 0.6 is 27.5 Å². The number of nitrogens with two attached hydrogens (primary N) is 1. The third-order valence-electron chi connectivity index (χ3n) is 1.74. The van der Waals surface area contributed by atoms with Crippen LogP contribution in [0.5, 0.6) is 0 Å². The highest BCUT2D eigenvalue weighted by atomic mass is 79.9. The van der Waals surface area contributed by atoms with Crippen molar-refractivity contribution in [3.8, 4) is 0 Å². The summed E-state index contributed by atoms with van der Waals surface area (Å²) in [6.45, 7) is 0. The van der Waals surface area contributed by atoms with Crippen molar-refractivity contribution in [2.75, 3.05) is 5.73 Å². The molecule has 78 valence electrons. The zero-order chi connectivity index (χ0) is 10.9. The molecule has 0 aromatic heterocycles. The highest BCUT2D eigenvalue weighted by Crippen LogP contribution is 2.38. The van der Waals surface area contributed by atoms with Crippen molar-refractivity contribution in [3.05, 3.63) is 28.3 Å². The molecule has 2 N–H and O–H groups in total. The lowest BCUT2D eigenvalue weighted by Crippen LogP contribution is -2.10. The van der Waals surface area contributed by atoms with Crippen molar-refractivity contribution in [1.29, 1.82) is 0 Å².